The predicted octanol–water partition coefficient (Wildman–Crippen LogP) is 10.1. The van der Waals surface area contributed by atoms with Gasteiger partial charge in [0, 0.05) is 12.8 Å². The maximum absolute atomic E-state index is 12.6. The summed E-state index contributed by atoms with van der Waals surface area (Å²) >= 11 is 0. The summed E-state index contributed by atoms with van der Waals surface area (Å²) in [5.74, 6) is -0.912. The van der Waals surface area contributed by atoms with E-state index >= 15 is 0 Å². The molecule has 0 aromatic carbocycles. The number of allylic oxidation sites excluding steroid dienone is 10. The Bertz CT molecular complexity index is 1040. The molecule has 2 atom stereocenters. The van der Waals surface area contributed by atoms with E-state index in [0.717, 1.165) is 57.8 Å². The van der Waals surface area contributed by atoms with E-state index in [4.69, 9.17) is 18.5 Å². The Morgan fingerprint density at radius 1 is 0.640 bits per heavy atom. The maximum Gasteiger partial charge on any atom is 0.472 e. The second-order valence-corrected chi connectivity index (χ2v) is 15.0. The largest absolute Gasteiger partial charge is 0.472 e. The summed E-state index contributed by atoms with van der Waals surface area (Å²) in [6, 6.07) is 0. The minimum absolute atomic E-state index is 0.0153. The van der Waals surface area contributed by atoms with Crippen LogP contribution in [0.3, 0.4) is 0 Å². The number of ether oxygens (including phenoxy) is 2. The highest BCUT2D eigenvalue weighted by Crippen LogP contribution is 2.43. The van der Waals surface area contributed by atoms with E-state index in [9.17, 15) is 19.0 Å². The number of carbonyl (C=O) groups is 2. The Hall–Kier alpha value is -2.29. The Labute approximate surface area is 305 Å². The molecule has 0 spiro atoms. The Balaban J connectivity index is 4.58. The zero-order valence-electron chi connectivity index (χ0n) is 32.1. The summed E-state index contributed by atoms with van der Waals surface area (Å²) < 4.78 is 34.0. The van der Waals surface area contributed by atoms with Crippen LogP contribution in [0.5, 0.6) is 0 Å². The lowest BCUT2D eigenvalue weighted by atomic mass is 10.1. The van der Waals surface area contributed by atoms with Gasteiger partial charge in [0.05, 0.1) is 27.7 Å². The normalized spacial score (nSPS) is 14.4. The molecule has 0 aliphatic heterocycles. The summed E-state index contributed by atoms with van der Waals surface area (Å²) in [5.41, 5.74) is 0. The summed E-state index contributed by atoms with van der Waals surface area (Å²) in [6.07, 6.45) is 37.2. The third kappa shape index (κ3) is 35.5. The van der Waals surface area contributed by atoms with E-state index in [0.29, 0.717) is 23.9 Å². The number of esters is 2. The lowest BCUT2D eigenvalue weighted by Gasteiger charge is -2.24. The van der Waals surface area contributed by atoms with E-state index in [1.807, 2.05) is 33.3 Å². The van der Waals surface area contributed by atoms with Crippen LogP contribution >= 0.6 is 7.82 Å². The second-order valence-electron chi connectivity index (χ2n) is 13.6. The summed E-state index contributed by atoms with van der Waals surface area (Å²) in [7, 11) is 1.42. The molecule has 1 N–H and O–H groups in total. The summed E-state index contributed by atoms with van der Waals surface area (Å²) in [6.45, 7) is 4.16. The van der Waals surface area contributed by atoms with Gasteiger partial charge < -0.3 is 18.9 Å². The van der Waals surface area contributed by atoms with Crippen molar-refractivity contribution in [2.45, 2.75) is 136 Å². The van der Waals surface area contributed by atoms with Crippen molar-refractivity contribution in [2.24, 2.45) is 0 Å². The van der Waals surface area contributed by atoms with Crippen molar-refractivity contribution >= 4 is 19.8 Å². The van der Waals surface area contributed by atoms with Crippen LogP contribution in [-0.4, -0.2) is 74.9 Å². The average Bonchev–Trinajstić information content (AvgIpc) is 3.06. The number of quaternary nitrogens is 1. The molecule has 0 heterocycles. The van der Waals surface area contributed by atoms with Gasteiger partial charge in [0.2, 0.25) is 0 Å². The number of likely N-dealkylation sites (N-methyl/N-ethyl adjacent to an activating group) is 1. The highest BCUT2D eigenvalue weighted by atomic mass is 31.2. The molecule has 0 aromatic heterocycles. The second kappa shape index (κ2) is 32.6. The Morgan fingerprint density at radius 2 is 1.18 bits per heavy atom. The fraction of sp³-hybridized carbons (Fsp3) is 0.700. The van der Waals surface area contributed by atoms with E-state index in [1.54, 1.807) is 0 Å². The van der Waals surface area contributed by atoms with Gasteiger partial charge in [-0.3, -0.25) is 18.6 Å². The molecule has 288 valence electrons. The van der Waals surface area contributed by atoms with Crippen molar-refractivity contribution in [2.75, 3.05) is 47.5 Å². The molecule has 0 radical (unpaired) electrons. The van der Waals surface area contributed by atoms with Gasteiger partial charge in [0.15, 0.2) is 6.10 Å². The van der Waals surface area contributed by atoms with Gasteiger partial charge >= 0.3 is 19.8 Å². The fourth-order valence-electron chi connectivity index (χ4n) is 4.55. The maximum atomic E-state index is 12.6. The molecule has 0 amide bonds. The van der Waals surface area contributed by atoms with Crippen LogP contribution in [0.25, 0.3) is 0 Å². The molecule has 0 saturated carbocycles. The van der Waals surface area contributed by atoms with E-state index < -0.39 is 32.5 Å². The minimum atomic E-state index is -4.39. The predicted molar refractivity (Wildman–Crippen MR) is 206 cm³/mol. The number of phosphoric acid groups is 1. The molecule has 0 saturated heterocycles. The monoisotopic (exact) mass is 724 g/mol. The number of nitrogens with zero attached hydrogens (tertiary/aromatic N) is 1. The zero-order chi connectivity index (χ0) is 37.2. The summed E-state index contributed by atoms with van der Waals surface area (Å²) in [5, 5.41) is 0. The van der Waals surface area contributed by atoms with Gasteiger partial charge in [-0.2, -0.15) is 0 Å². The third-order valence-corrected chi connectivity index (χ3v) is 8.53. The van der Waals surface area contributed by atoms with Gasteiger partial charge in [0.25, 0.3) is 0 Å². The van der Waals surface area contributed by atoms with Crippen LogP contribution in [0.4, 0.5) is 0 Å². The van der Waals surface area contributed by atoms with Gasteiger partial charge in [-0.1, -0.05) is 113 Å². The Morgan fingerprint density at radius 3 is 1.78 bits per heavy atom. The lowest BCUT2D eigenvalue weighted by Crippen LogP contribution is -2.37. The molecule has 0 fully saturated rings. The highest BCUT2D eigenvalue weighted by molar-refractivity contribution is 7.47. The molecule has 0 aromatic rings. The van der Waals surface area contributed by atoms with Gasteiger partial charge in [0.1, 0.15) is 19.8 Å². The van der Waals surface area contributed by atoms with Gasteiger partial charge in [-0.05, 0) is 64.2 Å². The molecule has 0 bridgehead atoms. The van der Waals surface area contributed by atoms with Crippen LogP contribution in [0, 0.1) is 0 Å². The van der Waals surface area contributed by atoms with Gasteiger partial charge in [-0.15, -0.1) is 0 Å². The van der Waals surface area contributed by atoms with Crippen LogP contribution in [-0.2, 0) is 32.7 Å². The van der Waals surface area contributed by atoms with E-state index in [1.165, 1.54) is 32.1 Å². The van der Waals surface area contributed by atoms with Crippen molar-refractivity contribution in [1.29, 1.82) is 0 Å². The SMILES string of the molecule is CC/C=C\C/C=C\C/C=C\C/C=C\CCC(=O)OC(COC(=O)CCCCCCC/C=C\CCCCCC)COP(=O)(O)OCC[N+](C)(C)C. The van der Waals surface area contributed by atoms with Crippen molar-refractivity contribution in [3.05, 3.63) is 60.8 Å². The molecule has 10 heteroatoms. The molecule has 0 aliphatic rings. The molecule has 9 nitrogen and oxygen atoms in total. The number of hydrogen-bond acceptors (Lipinski definition) is 7. The van der Waals surface area contributed by atoms with Crippen molar-refractivity contribution in [1.82, 2.24) is 0 Å². The number of hydrogen-bond donors (Lipinski definition) is 1. The number of phosphoric ester groups is 1. The third-order valence-electron chi connectivity index (χ3n) is 7.55. The topological polar surface area (TPSA) is 108 Å². The van der Waals surface area contributed by atoms with E-state index in [2.05, 4.69) is 62.5 Å². The number of carbonyl (C=O) groups excluding carboxylic acids is 2. The van der Waals surface area contributed by atoms with Crippen LogP contribution in [0.15, 0.2) is 60.8 Å². The minimum Gasteiger partial charge on any atom is -0.462 e. The fourth-order valence-corrected chi connectivity index (χ4v) is 5.29. The first-order valence-corrected chi connectivity index (χ1v) is 20.5. The van der Waals surface area contributed by atoms with Gasteiger partial charge in [-0.25, -0.2) is 4.57 Å². The summed E-state index contributed by atoms with van der Waals surface area (Å²) in [4.78, 5) is 35.1. The average molecular weight is 725 g/mol. The first-order chi connectivity index (χ1) is 24.0. The highest BCUT2D eigenvalue weighted by Gasteiger charge is 2.27. The van der Waals surface area contributed by atoms with Crippen LogP contribution in [0.2, 0.25) is 0 Å². The van der Waals surface area contributed by atoms with Crippen molar-refractivity contribution in [3.8, 4) is 0 Å². The van der Waals surface area contributed by atoms with Crippen molar-refractivity contribution < 1.29 is 42.1 Å². The number of unbranched alkanes of at least 4 members (excludes halogenated alkanes) is 9. The molecule has 50 heavy (non-hydrogen) atoms. The first-order valence-electron chi connectivity index (χ1n) is 19.0. The zero-order valence-corrected chi connectivity index (χ0v) is 33.0. The first kappa shape index (κ1) is 47.7. The number of rotatable bonds is 33. The quantitative estimate of drug-likeness (QED) is 0.0234. The molecule has 0 aliphatic carbocycles. The molecular formula is C40H71NO8P+. The van der Waals surface area contributed by atoms with E-state index in [-0.39, 0.29) is 26.1 Å². The smallest absolute Gasteiger partial charge is 0.462 e. The van der Waals surface area contributed by atoms with Crippen LogP contribution < -0.4 is 0 Å². The molecule has 0 rings (SSSR count). The van der Waals surface area contributed by atoms with Crippen molar-refractivity contribution in [3.63, 3.8) is 0 Å². The lowest BCUT2D eigenvalue weighted by molar-refractivity contribution is -0.870. The molecule has 2 unspecified atom stereocenters. The standard InChI is InChI=1S/C40H70NO8P/c1-6-8-10-12-14-16-18-20-22-24-26-28-30-32-39(42)46-36-38(37-48-50(44,45)47-35-34-41(3,4)5)49-40(43)33-31-29-27-25-23-21-19-17-15-13-11-9-7-2/h9,11,15-18,21,23,27,29,38H,6-8,10,12-14,19-20,22,24-26,28,30-37H2,1-5H3/p+1/b11-9-,17-15-,18-16-,23-21-,29-27-. The Kier molecular flexibility index (Phi) is 31.1. The van der Waals surface area contributed by atoms with Crippen LogP contribution in [0.1, 0.15) is 129 Å². The molecular weight excluding hydrogens is 653 g/mol.